The van der Waals surface area contributed by atoms with Gasteiger partial charge in [-0.2, -0.15) is 5.10 Å². The Morgan fingerprint density at radius 2 is 2.15 bits per heavy atom. The molecule has 0 saturated heterocycles. The second-order valence-corrected chi connectivity index (χ2v) is 5.93. The molecular weight excluding hydrogens is 357 g/mol. The maximum absolute atomic E-state index is 13.7. The molecule has 0 fully saturated rings. The number of hydrogen-bond donors (Lipinski definition) is 1. The van der Waals surface area contributed by atoms with E-state index in [4.69, 9.17) is 0 Å². The van der Waals surface area contributed by atoms with E-state index in [0.29, 0.717) is 5.56 Å². The second-order valence-electron chi connectivity index (χ2n) is 5.93. The number of halogens is 1. The van der Waals surface area contributed by atoms with Gasteiger partial charge in [0.15, 0.2) is 0 Å². The van der Waals surface area contributed by atoms with Gasteiger partial charge in [-0.25, -0.2) is 14.1 Å². The minimum absolute atomic E-state index is 0.0923. The molecule has 0 aliphatic carbocycles. The Kier molecular flexibility index (Phi) is 5.20. The van der Waals surface area contributed by atoms with E-state index in [1.807, 2.05) is 0 Å². The lowest BCUT2D eigenvalue weighted by Crippen LogP contribution is -2.25. The molecule has 3 rings (SSSR count). The molecule has 0 aliphatic rings. The number of nitrogens with zero attached hydrogens (tertiary/aromatic N) is 6. The lowest BCUT2D eigenvalue weighted by atomic mass is 10.1. The van der Waals surface area contributed by atoms with Crippen LogP contribution < -0.4 is 5.32 Å². The molecule has 2 aromatic heterocycles. The molecule has 0 saturated carbocycles. The molecule has 2 heterocycles. The summed E-state index contributed by atoms with van der Waals surface area (Å²) < 4.78 is 16.4. The number of nitro groups is 1. The minimum atomic E-state index is -0.555. The maximum atomic E-state index is 13.7. The van der Waals surface area contributed by atoms with Crippen LogP contribution in [0.25, 0.3) is 0 Å². The summed E-state index contributed by atoms with van der Waals surface area (Å²) in [5, 5.41) is 21.2. The number of carbonyl (C=O) groups is 1. The number of amides is 1. The normalized spacial score (nSPS) is 11.9. The lowest BCUT2D eigenvalue weighted by molar-refractivity contribution is -0.385. The summed E-state index contributed by atoms with van der Waals surface area (Å²) in [6.07, 6.45) is 3.77. The van der Waals surface area contributed by atoms with E-state index < -0.39 is 10.8 Å². The number of carbonyl (C=O) groups excluding carboxylic acids is 1. The van der Waals surface area contributed by atoms with Gasteiger partial charge >= 0.3 is 5.69 Å². The SMILES string of the molecule is CC(Cn1cc([N+](=O)[O-])cn1)C(=O)Nc1ncn(Cc2ccccc2F)n1. The molecule has 1 atom stereocenters. The molecule has 0 radical (unpaired) electrons. The Morgan fingerprint density at radius 1 is 1.37 bits per heavy atom. The van der Waals surface area contributed by atoms with Gasteiger partial charge in [-0.1, -0.05) is 25.1 Å². The number of anilines is 1. The highest BCUT2D eigenvalue weighted by atomic mass is 19.1. The van der Waals surface area contributed by atoms with E-state index in [1.165, 1.54) is 28.0 Å². The van der Waals surface area contributed by atoms with Crippen LogP contribution in [0.1, 0.15) is 12.5 Å². The van der Waals surface area contributed by atoms with E-state index in [1.54, 1.807) is 25.1 Å². The largest absolute Gasteiger partial charge is 0.306 e. The van der Waals surface area contributed by atoms with Crippen LogP contribution in [0.4, 0.5) is 16.0 Å². The van der Waals surface area contributed by atoms with Gasteiger partial charge in [-0.3, -0.25) is 24.9 Å². The third-order valence-corrected chi connectivity index (χ3v) is 3.80. The monoisotopic (exact) mass is 373 g/mol. The molecule has 1 amide bonds. The van der Waals surface area contributed by atoms with Crippen molar-refractivity contribution in [1.29, 1.82) is 0 Å². The van der Waals surface area contributed by atoms with Gasteiger partial charge in [-0.05, 0) is 6.07 Å². The zero-order valence-corrected chi connectivity index (χ0v) is 14.3. The summed E-state index contributed by atoms with van der Waals surface area (Å²) in [5.41, 5.74) is 0.310. The summed E-state index contributed by atoms with van der Waals surface area (Å²) in [4.78, 5) is 26.3. The van der Waals surface area contributed by atoms with E-state index in [2.05, 4.69) is 20.5 Å². The smallest absolute Gasteiger partial charge is 0.293 e. The molecule has 1 N–H and O–H groups in total. The molecular formula is C16H16FN7O3. The van der Waals surface area contributed by atoms with E-state index in [9.17, 15) is 19.3 Å². The topological polar surface area (TPSA) is 121 Å². The predicted molar refractivity (Wildman–Crippen MR) is 92.2 cm³/mol. The first kappa shape index (κ1) is 18.2. The molecule has 140 valence electrons. The molecule has 0 spiro atoms. The zero-order chi connectivity index (χ0) is 19.4. The van der Waals surface area contributed by atoms with Crippen molar-refractivity contribution >= 4 is 17.5 Å². The van der Waals surface area contributed by atoms with Crippen LogP contribution in [0.15, 0.2) is 43.0 Å². The third-order valence-electron chi connectivity index (χ3n) is 3.80. The molecule has 0 bridgehead atoms. The van der Waals surface area contributed by atoms with E-state index >= 15 is 0 Å². The quantitative estimate of drug-likeness (QED) is 0.498. The Balaban J connectivity index is 1.58. The van der Waals surface area contributed by atoms with Gasteiger partial charge in [-0.15, -0.1) is 5.10 Å². The van der Waals surface area contributed by atoms with Gasteiger partial charge in [0.2, 0.25) is 11.9 Å². The van der Waals surface area contributed by atoms with Crippen molar-refractivity contribution in [1.82, 2.24) is 24.5 Å². The fourth-order valence-electron chi connectivity index (χ4n) is 2.37. The molecule has 3 aromatic rings. The fourth-order valence-corrected chi connectivity index (χ4v) is 2.37. The van der Waals surface area contributed by atoms with Gasteiger partial charge < -0.3 is 0 Å². The van der Waals surface area contributed by atoms with E-state index in [-0.39, 0.29) is 36.4 Å². The standard InChI is InChI=1S/C16H16FN7O3/c1-11(7-22-9-13(6-19-22)24(26)27)15(25)20-16-18-10-23(21-16)8-12-4-2-3-5-14(12)17/h2-6,9-11H,7-8H2,1H3,(H,20,21,25). The van der Waals surface area contributed by atoms with Crippen molar-refractivity contribution in [3.8, 4) is 0 Å². The number of nitrogens with one attached hydrogen (secondary N) is 1. The van der Waals surface area contributed by atoms with Crippen LogP contribution in [-0.2, 0) is 17.9 Å². The van der Waals surface area contributed by atoms with Crippen LogP contribution in [0, 0.1) is 21.8 Å². The third kappa shape index (κ3) is 4.51. The average molecular weight is 373 g/mol. The number of benzene rings is 1. The first-order valence-corrected chi connectivity index (χ1v) is 8.03. The Morgan fingerprint density at radius 3 is 2.85 bits per heavy atom. The average Bonchev–Trinajstić information content (AvgIpc) is 3.26. The Labute approximate surface area is 152 Å². The summed E-state index contributed by atoms with van der Waals surface area (Å²) >= 11 is 0. The highest BCUT2D eigenvalue weighted by Crippen LogP contribution is 2.12. The predicted octanol–water partition coefficient (Wildman–Crippen LogP) is 1.84. The highest BCUT2D eigenvalue weighted by molar-refractivity contribution is 5.90. The highest BCUT2D eigenvalue weighted by Gasteiger charge is 2.18. The number of aromatic nitrogens is 5. The van der Waals surface area contributed by atoms with Gasteiger partial charge in [0.1, 0.15) is 24.5 Å². The molecule has 1 unspecified atom stereocenters. The summed E-state index contributed by atoms with van der Waals surface area (Å²) in [7, 11) is 0. The van der Waals surface area contributed by atoms with Crippen molar-refractivity contribution in [3.63, 3.8) is 0 Å². The van der Waals surface area contributed by atoms with Gasteiger partial charge in [0, 0.05) is 5.56 Å². The van der Waals surface area contributed by atoms with Crippen molar-refractivity contribution < 1.29 is 14.1 Å². The second kappa shape index (κ2) is 7.72. The number of rotatable bonds is 7. The molecule has 1 aromatic carbocycles. The Bertz CT molecular complexity index is 968. The van der Waals surface area contributed by atoms with Crippen molar-refractivity contribution in [2.45, 2.75) is 20.0 Å². The van der Waals surface area contributed by atoms with E-state index in [0.717, 1.165) is 6.20 Å². The van der Waals surface area contributed by atoms with Crippen molar-refractivity contribution in [2.24, 2.45) is 5.92 Å². The lowest BCUT2D eigenvalue weighted by Gasteiger charge is -2.10. The maximum Gasteiger partial charge on any atom is 0.306 e. The molecule has 0 aliphatic heterocycles. The zero-order valence-electron chi connectivity index (χ0n) is 14.3. The molecule has 27 heavy (non-hydrogen) atoms. The fraction of sp³-hybridized carbons (Fsp3) is 0.250. The minimum Gasteiger partial charge on any atom is -0.293 e. The van der Waals surface area contributed by atoms with Crippen LogP contribution >= 0.6 is 0 Å². The first-order valence-electron chi connectivity index (χ1n) is 8.03. The van der Waals surface area contributed by atoms with Crippen molar-refractivity contribution in [2.75, 3.05) is 5.32 Å². The molecule has 10 nitrogen and oxygen atoms in total. The van der Waals surface area contributed by atoms with Crippen LogP contribution in [0.5, 0.6) is 0 Å². The number of hydrogen-bond acceptors (Lipinski definition) is 6. The molecule has 11 heteroatoms. The first-order chi connectivity index (χ1) is 12.9. The Hall–Kier alpha value is -3.63. The summed E-state index contributed by atoms with van der Waals surface area (Å²) in [6.45, 7) is 2.00. The summed E-state index contributed by atoms with van der Waals surface area (Å²) in [6, 6.07) is 6.32. The van der Waals surface area contributed by atoms with Crippen LogP contribution in [0.2, 0.25) is 0 Å². The summed E-state index contributed by atoms with van der Waals surface area (Å²) in [5.74, 6) is -1.14. The van der Waals surface area contributed by atoms with Gasteiger partial charge in [0.25, 0.3) is 0 Å². The van der Waals surface area contributed by atoms with Crippen LogP contribution in [-0.4, -0.2) is 35.4 Å². The van der Waals surface area contributed by atoms with Crippen LogP contribution in [0.3, 0.4) is 0 Å². The van der Waals surface area contributed by atoms with Crippen molar-refractivity contribution in [3.05, 3.63) is 64.5 Å². The van der Waals surface area contributed by atoms with Gasteiger partial charge in [0.05, 0.1) is 23.9 Å².